The van der Waals surface area contributed by atoms with Gasteiger partial charge in [0.15, 0.2) is 5.69 Å². The van der Waals surface area contributed by atoms with Gasteiger partial charge in [-0.25, -0.2) is 14.2 Å². The van der Waals surface area contributed by atoms with Crippen LogP contribution >= 0.6 is 11.6 Å². The van der Waals surface area contributed by atoms with Crippen LogP contribution in [0.3, 0.4) is 0 Å². The van der Waals surface area contributed by atoms with Crippen molar-refractivity contribution in [3.63, 3.8) is 0 Å². The average molecular weight is 591 g/mol. The van der Waals surface area contributed by atoms with E-state index >= 15 is 0 Å². The van der Waals surface area contributed by atoms with Crippen molar-refractivity contribution >= 4 is 29.2 Å². The first-order valence-corrected chi connectivity index (χ1v) is 12.3. The van der Waals surface area contributed by atoms with Crippen molar-refractivity contribution in [1.29, 1.82) is 0 Å². The van der Waals surface area contributed by atoms with Gasteiger partial charge in [-0.15, -0.1) is 10.2 Å². The van der Waals surface area contributed by atoms with Crippen LogP contribution in [0.2, 0.25) is 5.02 Å². The van der Waals surface area contributed by atoms with Gasteiger partial charge in [-0.1, -0.05) is 23.7 Å². The van der Waals surface area contributed by atoms with Gasteiger partial charge in [0.1, 0.15) is 5.75 Å². The van der Waals surface area contributed by atoms with Crippen LogP contribution in [0, 0.1) is 5.41 Å². The maximum Gasteiger partial charge on any atom is 0.435 e. The van der Waals surface area contributed by atoms with Gasteiger partial charge in [0.2, 0.25) is 11.8 Å². The van der Waals surface area contributed by atoms with E-state index in [1.807, 2.05) is 0 Å². The summed E-state index contributed by atoms with van der Waals surface area (Å²) in [5, 5.41) is 19.4. The molecule has 214 valence electrons. The SMILES string of the molecule is CC(C)(Cn1c(=O)nc(Nc2ccc(Oc3ccc(C(F)(F)F)nn3)cc2)n(Cc2ccc(Cl)cc2)c1=O)C(=O)O. The van der Waals surface area contributed by atoms with Crippen molar-refractivity contribution in [2.24, 2.45) is 5.41 Å². The molecule has 0 saturated carbocycles. The number of rotatable bonds is 9. The molecule has 0 radical (unpaired) electrons. The summed E-state index contributed by atoms with van der Waals surface area (Å²) >= 11 is 5.96. The van der Waals surface area contributed by atoms with E-state index in [-0.39, 0.29) is 24.1 Å². The quantitative estimate of drug-likeness (QED) is 0.287. The molecule has 2 N–H and O–H groups in total. The van der Waals surface area contributed by atoms with Gasteiger partial charge in [0.25, 0.3) is 0 Å². The summed E-state index contributed by atoms with van der Waals surface area (Å²) in [4.78, 5) is 41.9. The number of hydrogen-bond donors (Lipinski definition) is 2. The predicted molar refractivity (Wildman–Crippen MR) is 142 cm³/mol. The lowest BCUT2D eigenvalue weighted by atomic mass is 9.94. The molecule has 2 heterocycles. The second-order valence-corrected chi connectivity index (χ2v) is 9.93. The Morgan fingerprint density at radius 2 is 1.63 bits per heavy atom. The molecule has 0 amide bonds. The molecule has 0 aliphatic rings. The van der Waals surface area contributed by atoms with Crippen LogP contribution in [0.5, 0.6) is 11.6 Å². The molecule has 0 saturated heterocycles. The minimum absolute atomic E-state index is 0.0209. The molecule has 0 unspecified atom stereocenters. The van der Waals surface area contributed by atoms with E-state index in [1.165, 1.54) is 42.7 Å². The maximum atomic E-state index is 13.4. The molecule has 41 heavy (non-hydrogen) atoms. The highest BCUT2D eigenvalue weighted by atomic mass is 35.5. The Hall–Kier alpha value is -4.72. The highest BCUT2D eigenvalue weighted by Crippen LogP contribution is 2.29. The number of aliphatic carboxylic acids is 1. The Labute approximate surface area is 234 Å². The first-order chi connectivity index (χ1) is 19.2. The number of anilines is 2. The molecule has 0 aliphatic carbocycles. The summed E-state index contributed by atoms with van der Waals surface area (Å²) in [5.41, 5.74) is -3.26. The van der Waals surface area contributed by atoms with E-state index in [2.05, 4.69) is 20.5 Å². The van der Waals surface area contributed by atoms with Crippen molar-refractivity contribution in [3.05, 3.63) is 97.9 Å². The molecule has 0 aliphatic heterocycles. The van der Waals surface area contributed by atoms with Gasteiger partial charge in [0.05, 0.1) is 12.0 Å². The Morgan fingerprint density at radius 1 is 0.976 bits per heavy atom. The van der Waals surface area contributed by atoms with E-state index in [0.29, 0.717) is 16.3 Å². The molecule has 0 bridgehead atoms. The lowest BCUT2D eigenvalue weighted by Gasteiger charge is -2.21. The number of halogens is 4. The summed E-state index contributed by atoms with van der Waals surface area (Å²) < 4.78 is 45.4. The second-order valence-electron chi connectivity index (χ2n) is 9.49. The average Bonchev–Trinajstić information content (AvgIpc) is 2.91. The van der Waals surface area contributed by atoms with Crippen LogP contribution in [-0.4, -0.2) is 35.4 Å². The van der Waals surface area contributed by atoms with Crippen LogP contribution in [0.1, 0.15) is 25.1 Å². The fraction of sp³-hybridized carbons (Fsp3) is 0.231. The topological polar surface area (TPSA) is 141 Å². The number of carbonyl (C=O) groups is 1. The molecule has 0 atom stereocenters. The van der Waals surface area contributed by atoms with E-state index in [1.54, 1.807) is 24.3 Å². The number of aromatic nitrogens is 5. The molecule has 2 aromatic heterocycles. The third-order valence-corrected chi connectivity index (χ3v) is 6.05. The first kappa shape index (κ1) is 29.3. The number of carboxylic acids is 1. The fourth-order valence-electron chi connectivity index (χ4n) is 3.52. The number of benzene rings is 2. The first-order valence-electron chi connectivity index (χ1n) is 11.9. The Bertz CT molecular complexity index is 1670. The van der Waals surface area contributed by atoms with Crippen molar-refractivity contribution < 1.29 is 27.8 Å². The highest BCUT2D eigenvalue weighted by molar-refractivity contribution is 6.30. The van der Waals surface area contributed by atoms with Gasteiger partial charge >= 0.3 is 23.5 Å². The van der Waals surface area contributed by atoms with Crippen molar-refractivity contribution in [2.75, 3.05) is 5.32 Å². The predicted octanol–water partition coefficient (Wildman–Crippen LogP) is 4.56. The molecule has 11 nitrogen and oxygen atoms in total. The zero-order valence-electron chi connectivity index (χ0n) is 21.5. The summed E-state index contributed by atoms with van der Waals surface area (Å²) in [6, 6.07) is 14.4. The van der Waals surface area contributed by atoms with Crippen LogP contribution in [0.25, 0.3) is 0 Å². The van der Waals surface area contributed by atoms with Crippen LogP contribution in [0.4, 0.5) is 24.8 Å². The van der Waals surface area contributed by atoms with Gasteiger partial charge < -0.3 is 15.2 Å². The summed E-state index contributed by atoms with van der Waals surface area (Å²) in [6.45, 7) is 2.34. The lowest BCUT2D eigenvalue weighted by molar-refractivity contribution is -0.147. The van der Waals surface area contributed by atoms with Crippen molar-refractivity contribution in [3.8, 4) is 11.6 Å². The Kier molecular flexibility index (Phi) is 8.14. The lowest BCUT2D eigenvalue weighted by Crippen LogP contribution is -2.46. The van der Waals surface area contributed by atoms with E-state index in [4.69, 9.17) is 16.3 Å². The maximum absolute atomic E-state index is 13.4. The van der Waals surface area contributed by atoms with Gasteiger partial charge in [-0.05, 0) is 61.9 Å². The molecule has 4 rings (SSSR count). The standard InChI is InChI=1S/C26H22ClF3N6O5/c1-25(2,21(37)38)14-36-23(39)32-22(35(24(36)40)13-15-3-5-16(27)6-4-15)31-17-7-9-18(10-8-17)41-20-12-11-19(33-34-20)26(28,29)30/h3-12H,13-14H2,1-2H3,(H,37,38)(H,31,32,39). The molecule has 0 spiro atoms. The third kappa shape index (κ3) is 7.08. The van der Waals surface area contributed by atoms with Crippen molar-refractivity contribution in [1.82, 2.24) is 24.3 Å². The van der Waals surface area contributed by atoms with Crippen LogP contribution < -0.4 is 21.4 Å². The van der Waals surface area contributed by atoms with E-state index < -0.39 is 41.2 Å². The summed E-state index contributed by atoms with van der Waals surface area (Å²) in [7, 11) is 0. The number of alkyl halides is 3. The fourth-order valence-corrected chi connectivity index (χ4v) is 3.65. The minimum atomic E-state index is -4.63. The number of nitrogens with zero attached hydrogens (tertiary/aromatic N) is 5. The number of ether oxygens (including phenoxy) is 1. The second kappa shape index (κ2) is 11.4. The molecule has 0 fully saturated rings. The van der Waals surface area contributed by atoms with E-state index in [9.17, 15) is 32.7 Å². The Morgan fingerprint density at radius 3 is 2.20 bits per heavy atom. The highest BCUT2D eigenvalue weighted by Gasteiger charge is 2.33. The van der Waals surface area contributed by atoms with Crippen molar-refractivity contribution in [2.45, 2.75) is 33.1 Å². The molecule has 15 heteroatoms. The summed E-state index contributed by atoms with van der Waals surface area (Å²) in [6.07, 6.45) is -4.63. The normalized spacial score (nSPS) is 11.8. The zero-order chi connectivity index (χ0) is 29.9. The zero-order valence-corrected chi connectivity index (χ0v) is 22.3. The van der Waals surface area contributed by atoms with Gasteiger partial charge in [-0.3, -0.25) is 9.36 Å². The largest absolute Gasteiger partial charge is 0.481 e. The van der Waals surface area contributed by atoms with Gasteiger partial charge in [0, 0.05) is 23.3 Å². The molecular weight excluding hydrogens is 569 g/mol. The van der Waals surface area contributed by atoms with Gasteiger partial charge in [-0.2, -0.15) is 18.2 Å². The molecule has 2 aromatic carbocycles. The number of hydrogen-bond acceptors (Lipinski definition) is 8. The monoisotopic (exact) mass is 590 g/mol. The minimum Gasteiger partial charge on any atom is -0.481 e. The number of nitrogens with one attached hydrogen (secondary N) is 1. The summed E-state index contributed by atoms with van der Waals surface area (Å²) in [5.74, 6) is -1.24. The molecule has 4 aromatic rings. The number of carboxylic acid groups (broad SMARTS) is 1. The smallest absolute Gasteiger partial charge is 0.435 e. The Balaban J connectivity index is 1.63. The van der Waals surface area contributed by atoms with E-state index in [0.717, 1.165) is 16.7 Å². The van der Waals surface area contributed by atoms with Crippen LogP contribution in [0.15, 0.2) is 70.3 Å². The third-order valence-electron chi connectivity index (χ3n) is 5.80. The van der Waals surface area contributed by atoms with Crippen LogP contribution in [-0.2, 0) is 24.1 Å². The molecular formula is C26H22ClF3N6O5.